The summed E-state index contributed by atoms with van der Waals surface area (Å²) in [7, 11) is -2.46. The van der Waals surface area contributed by atoms with E-state index < -0.39 is 57.7 Å². The number of carbonyl (C=O) groups excluding carboxylic acids is 4. The molecule has 3 aromatic rings. The number of benzene rings is 2. The third kappa shape index (κ3) is 12.1. The molecule has 51 heavy (non-hydrogen) atoms. The van der Waals surface area contributed by atoms with Gasteiger partial charge in [0.2, 0.25) is 21.8 Å². The van der Waals surface area contributed by atoms with Crippen LogP contribution in [0.4, 0.5) is 10.1 Å². The summed E-state index contributed by atoms with van der Waals surface area (Å²) in [4.78, 5) is 57.2. The second kappa shape index (κ2) is 18.4. The van der Waals surface area contributed by atoms with Gasteiger partial charge in [0.05, 0.1) is 24.0 Å². The second-order valence-electron chi connectivity index (χ2n) is 12.7. The Balaban J connectivity index is 1.87. The molecule has 0 unspecified atom stereocenters. The lowest BCUT2D eigenvalue weighted by molar-refractivity contribution is -0.130. The number of hydrogen-bond donors (Lipinski definition) is 5. The lowest BCUT2D eigenvalue weighted by Crippen LogP contribution is -2.55. The third-order valence-electron chi connectivity index (χ3n) is 8.20. The Morgan fingerprint density at radius 1 is 0.863 bits per heavy atom. The van der Waals surface area contributed by atoms with Crippen LogP contribution >= 0.6 is 0 Å². The maximum absolute atomic E-state index is 13.8. The smallest absolute Gasteiger partial charge is 0.251 e. The molecule has 4 atom stereocenters. The maximum Gasteiger partial charge on any atom is 0.251 e. The van der Waals surface area contributed by atoms with Gasteiger partial charge in [0.25, 0.3) is 11.8 Å². The van der Waals surface area contributed by atoms with Crippen LogP contribution in [0.5, 0.6) is 0 Å². The Bertz CT molecular complexity index is 1770. The van der Waals surface area contributed by atoms with E-state index in [4.69, 9.17) is 0 Å². The van der Waals surface area contributed by atoms with Crippen LogP contribution in [0.1, 0.15) is 72.6 Å². The highest BCUT2D eigenvalue weighted by Crippen LogP contribution is 2.22. The molecule has 0 saturated carbocycles. The first kappa shape index (κ1) is 40.5. The minimum Gasteiger partial charge on any atom is -0.355 e. The minimum absolute atomic E-state index is 0.0149. The van der Waals surface area contributed by atoms with E-state index in [1.165, 1.54) is 37.4 Å². The monoisotopic (exact) mass is 725 g/mol. The Hall–Kier alpha value is -4.89. The van der Waals surface area contributed by atoms with E-state index in [1.807, 2.05) is 13.8 Å². The van der Waals surface area contributed by atoms with Crippen LogP contribution < -0.4 is 30.9 Å². The van der Waals surface area contributed by atoms with Crippen molar-refractivity contribution in [2.45, 2.75) is 65.2 Å². The number of nitrogens with one attached hydrogen (secondary N) is 5. The van der Waals surface area contributed by atoms with Gasteiger partial charge in [-0.15, -0.1) is 0 Å². The molecule has 0 fully saturated rings. The number of anilines is 1. The van der Waals surface area contributed by atoms with Crippen molar-refractivity contribution in [3.63, 3.8) is 0 Å². The molecule has 0 bridgehead atoms. The number of rotatable bonds is 17. The molecule has 5 N–H and O–H groups in total. The van der Waals surface area contributed by atoms with Gasteiger partial charge in [0.15, 0.2) is 0 Å². The summed E-state index contributed by atoms with van der Waals surface area (Å²) in [6, 6.07) is 12.5. The van der Waals surface area contributed by atoms with Gasteiger partial charge in [0, 0.05) is 55.6 Å². The fourth-order valence-electron chi connectivity index (χ4n) is 5.08. The standard InChI is InChI=1S/C36H48FN7O6S/c1-8-38-36(48)32(22(2)3)43-33(45)24(5)40-21-30(20-29-11-9-10-16-39-29)42-35(47)27-17-26(18-31(19-27)44(6)51(7,49)50)34(46)41-23(4)25-12-14-28(37)15-13-25/h9-19,22-24,30,32,40H,8,20-21H2,1-7H3,(H,38,48)(H,41,46)(H,42,47)(H,43,45)/t23-,24+,30+,32+/m1/s1. The summed E-state index contributed by atoms with van der Waals surface area (Å²) in [5.74, 6) is -2.44. The van der Waals surface area contributed by atoms with Crippen LogP contribution in [0.25, 0.3) is 0 Å². The van der Waals surface area contributed by atoms with Crippen molar-refractivity contribution < 1.29 is 32.0 Å². The molecule has 4 amide bonds. The first-order valence-corrected chi connectivity index (χ1v) is 18.5. The molecule has 1 aromatic heterocycles. The number of nitrogens with zero attached hydrogens (tertiary/aromatic N) is 2. The fourth-order valence-corrected chi connectivity index (χ4v) is 5.57. The predicted octanol–water partition coefficient (Wildman–Crippen LogP) is 2.70. The third-order valence-corrected chi connectivity index (χ3v) is 9.41. The molecule has 0 aliphatic rings. The highest BCUT2D eigenvalue weighted by Gasteiger charge is 2.27. The molecule has 1 heterocycles. The van der Waals surface area contributed by atoms with Gasteiger partial charge in [0.1, 0.15) is 11.9 Å². The molecule has 13 nitrogen and oxygen atoms in total. The van der Waals surface area contributed by atoms with Gasteiger partial charge in [-0.3, -0.25) is 28.5 Å². The fraction of sp³-hybridized carbons (Fsp3) is 0.417. The molecule has 2 aromatic carbocycles. The molecule has 15 heteroatoms. The molecule has 0 aliphatic carbocycles. The number of likely N-dealkylation sites (N-methyl/N-ethyl adjacent to an activating group) is 1. The van der Waals surface area contributed by atoms with Crippen LogP contribution in [-0.2, 0) is 26.0 Å². The minimum atomic E-state index is -3.77. The van der Waals surface area contributed by atoms with Crippen LogP contribution in [0, 0.1) is 11.7 Å². The first-order valence-electron chi connectivity index (χ1n) is 16.7. The van der Waals surface area contributed by atoms with E-state index in [0.29, 0.717) is 17.8 Å². The zero-order chi connectivity index (χ0) is 37.9. The Morgan fingerprint density at radius 3 is 2.04 bits per heavy atom. The van der Waals surface area contributed by atoms with Gasteiger partial charge >= 0.3 is 0 Å². The number of hydrogen-bond acceptors (Lipinski definition) is 8. The average Bonchev–Trinajstić information content (AvgIpc) is 3.08. The number of halogens is 1. The molecular formula is C36H48FN7O6S. The number of sulfonamides is 1. The molecule has 0 aliphatic heterocycles. The zero-order valence-electron chi connectivity index (χ0n) is 30.0. The quantitative estimate of drug-likeness (QED) is 0.141. The van der Waals surface area contributed by atoms with Gasteiger partial charge in [-0.25, -0.2) is 12.8 Å². The summed E-state index contributed by atoms with van der Waals surface area (Å²) >= 11 is 0. The summed E-state index contributed by atoms with van der Waals surface area (Å²) in [6.07, 6.45) is 2.89. The number of carbonyl (C=O) groups is 4. The molecule has 0 spiro atoms. The Morgan fingerprint density at radius 2 is 1.49 bits per heavy atom. The van der Waals surface area contributed by atoms with Crippen molar-refractivity contribution >= 4 is 39.3 Å². The highest BCUT2D eigenvalue weighted by molar-refractivity contribution is 7.92. The number of aromatic nitrogens is 1. The van der Waals surface area contributed by atoms with Gasteiger partial charge < -0.3 is 26.6 Å². The SMILES string of the molecule is CCNC(=O)[C@@H](NC(=O)[C@H](C)NC[C@H](Cc1ccccn1)NC(=O)c1cc(C(=O)N[C@H](C)c2ccc(F)cc2)cc(N(C)S(C)(=O)=O)c1)C(C)C. The van der Waals surface area contributed by atoms with E-state index in [9.17, 15) is 32.0 Å². The zero-order valence-corrected chi connectivity index (χ0v) is 30.8. The van der Waals surface area contributed by atoms with Crippen LogP contribution in [0.15, 0.2) is 66.9 Å². The van der Waals surface area contributed by atoms with E-state index in [-0.39, 0.29) is 41.6 Å². The van der Waals surface area contributed by atoms with Crippen molar-refractivity contribution in [3.8, 4) is 0 Å². The van der Waals surface area contributed by atoms with Crippen LogP contribution in [0.2, 0.25) is 0 Å². The predicted molar refractivity (Wildman–Crippen MR) is 194 cm³/mol. The van der Waals surface area contributed by atoms with Crippen molar-refractivity contribution in [1.82, 2.24) is 31.6 Å². The van der Waals surface area contributed by atoms with Crippen molar-refractivity contribution in [2.24, 2.45) is 5.92 Å². The molecule has 0 saturated heterocycles. The summed E-state index contributed by atoms with van der Waals surface area (Å²) in [6.45, 7) is 9.37. The van der Waals surface area contributed by atoms with Gasteiger partial charge in [-0.1, -0.05) is 32.0 Å². The lowest BCUT2D eigenvalue weighted by Gasteiger charge is -2.25. The van der Waals surface area contributed by atoms with Crippen molar-refractivity contribution in [2.75, 3.05) is 30.7 Å². The van der Waals surface area contributed by atoms with Crippen molar-refractivity contribution in [1.29, 1.82) is 0 Å². The highest BCUT2D eigenvalue weighted by atomic mass is 32.2. The summed E-state index contributed by atoms with van der Waals surface area (Å²) in [5.41, 5.74) is 1.43. The van der Waals surface area contributed by atoms with Crippen molar-refractivity contribution in [3.05, 3.63) is 95.1 Å². The molecular weight excluding hydrogens is 678 g/mol. The van der Waals surface area contributed by atoms with E-state index in [1.54, 1.807) is 57.3 Å². The number of pyridine rings is 1. The lowest BCUT2D eigenvalue weighted by atomic mass is 10.0. The van der Waals surface area contributed by atoms with Crippen LogP contribution in [-0.4, -0.2) is 81.5 Å². The second-order valence-corrected chi connectivity index (χ2v) is 14.7. The average molecular weight is 726 g/mol. The topological polar surface area (TPSA) is 179 Å². The first-order chi connectivity index (χ1) is 24.0. The maximum atomic E-state index is 13.8. The molecule has 0 radical (unpaired) electrons. The summed E-state index contributed by atoms with van der Waals surface area (Å²) in [5, 5.41) is 14.4. The normalized spacial score (nSPS) is 13.7. The van der Waals surface area contributed by atoms with Crippen LogP contribution in [0.3, 0.4) is 0 Å². The van der Waals surface area contributed by atoms with E-state index in [2.05, 4.69) is 31.6 Å². The van der Waals surface area contributed by atoms with E-state index >= 15 is 0 Å². The summed E-state index contributed by atoms with van der Waals surface area (Å²) < 4.78 is 39.3. The Kier molecular flexibility index (Phi) is 14.6. The number of amides is 4. The van der Waals surface area contributed by atoms with Gasteiger partial charge in [-0.05, 0) is 74.7 Å². The largest absolute Gasteiger partial charge is 0.355 e. The molecule has 3 rings (SSSR count). The Labute approximate surface area is 299 Å². The molecule has 276 valence electrons. The van der Waals surface area contributed by atoms with Gasteiger partial charge in [-0.2, -0.15) is 0 Å². The van der Waals surface area contributed by atoms with E-state index in [0.717, 1.165) is 10.6 Å².